The van der Waals surface area contributed by atoms with Crippen LogP contribution >= 0.6 is 0 Å². The van der Waals surface area contributed by atoms with Gasteiger partial charge < -0.3 is 10.6 Å². The van der Waals surface area contributed by atoms with Crippen molar-refractivity contribution >= 4 is 11.8 Å². The van der Waals surface area contributed by atoms with Crippen molar-refractivity contribution in [1.29, 1.82) is 0 Å². The summed E-state index contributed by atoms with van der Waals surface area (Å²) < 4.78 is 12.8. The van der Waals surface area contributed by atoms with Crippen molar-refractivity contribution in [1.82, 2.24) is 15.6 Å². The molecule has 0 aliphatic rings. The van der Waals surface area contributed by atoms with Crippen LogP contribution in [0.15, 0.2) is 42.7 Å². The molecule has 0 saturated carbocycles. The molecule has 0 radical (unpaired) electrons. The minimum absolute atomic E-state index is 0.257. The zero-order valence-corrected chi connectivity index (χ0v) is 12.8. The molecule has 2 amide bonds. The van der Waals surface area contributed by atoms with Crippen LogP contribution in [0, 0.1) is 5.82 Å². The number of halogens is 1. The Kier molecular flexibility index (Phi) is 5.80. The van der Waals surface area contributed by atoms with E-state index >= 15 is 0 Å². The van der Waals surface area contributed by atoms with Crippen LogP contribution in [-0.4, -0.2) is 23.3 Å². The van der Waals surface area contributed by atoms with E-state index in [1.807, 2.05) is 6.92 Å². The maximum absolute atomic E-state index is 12.8. The van der Waals surface area contributed by atoms with Gasteiger partial charge in [0.2, 0.25) is 0 Å². The molecule has 0 saturated heterocycles. The minimum Gasteiger partial charge on any atom is -0.352 e. The maximum Gasteiger partial charge on any atom is 0.253 e. The van der Waals surface area contributed by atoms with Gasteiger partial charge in [-0.3, -0.25) is 14.6 Å². The highest BCUT2D eigenvalue weighted by atomic mass is 19.1. The Morgan fingerprint density at radius 3 is 2.26 bits per heavy atom. The summed E-state index contributed by atoms with van der Waals surface area (Å²) in [4.78, 5) is 27.9. The van der Waals surface area contributed by atoms with Gasteiger partial charge in [-0.1, -0.05) is 19.1 Å². The van der Waals surface area contributed by atoms with E-state index in [1.54, 1.807) is 12.1 Å². The monoisotopic (exact) mass is 315 g/mol. The lowest BCUT2D eigenvalue weighted by Gasteiger charge is -2.07. The number of hydrogen-bond acceptors (Lipinski definition) is 3. The van der Waals surface area contributed by atoms with E-state index in [-0.39, 0.29) is 24.2 Å². The molecule has 0 aliphatic carbocycles. The van der Waals surface area contributed by atoms with Crippen LogP contribution in [0.4, 0.5) is 4.39 Å². The quantitative estimate of drug-likeness (QED) is 0.859. The highest BCUT2D eigenvalue weighted by Crippen LogP contribution is 2.05. The Hall–Kier alpha value is -2.76. The van der Waals surface area contributed by atoms with Crippen molar-refractivity contribution in [2.75, 3.05) is 6.54 Å². The molecular formula is C17H18FN3O2. The van der Waals surface area contributed by atoms with Gasteiger partial charge in [0, 0.05) is 25.5 Å². The van der Waals surface area contributed by atoms with E-state index in [1.165, 1.54) is 30.6 Å². The van der Waals surface area contributed by atoms with Crippen LogP contribution in [0.3, 0.4) is 0 Å². The number of nitrogens with zero attached hydrogens (tertiary/aromatic N) is 1. The molecule has 2 N–H and O–H groups in total. The summed E-state index contributed by atoms with van der Waals surface area (Å²) in [5.41, 5.74) is 1.42. The van der Waals surface area contributed by atoms with Crippen LogP contribution < -0.4 is 10.6 Å². The molecule has 1 aromatic carbocycles. The first-order valence-electron chi connectivity index (χ1n) is 7.36. The molecule has 0 unspecified atom stereocenters. The number of carbonyl (C=O) groups is 2. The third-order valence-electron chi connectivity index (χ3n) is 3.16. The van der Waals surface area contributed by atoms with Crippen molar-refractivity contribution in [3.63, 3.8) is 0 Å². The average molecular weight is 315 g/mol. The van der Waals surface area contributed by atoms with Gasteiger partial charge in [-0.05, 0) is 30.2 Å². The molecule has 0 atom stereocenters. The summed E-state index contributed by atoms with van der Waals surface area (Å²) in [6.45, 7) is 2.79. The van der Waals surface area contributed by atoms with Gasteiger partial charge in [0.25, 0.3) is 11.8 Å². The van der Waals surface area contributed by atoms with Gasteiger partial charge in [0.1, 0.15) is 5.82 Å². The molecule has 0 bridgehead atoms. The van der Waals surface area contributed by atoms with E-state index in [4.69, 9.17) is 0 Å². The Morgan fingerprint density at radius 1 is 1.04 bits per heavy atom. The second-order valence-corrected chi connectivity index (χ2v) is 5.03. The van der Waals surface area contributed by atoms with Gasteiger partial charge in [-0.15, -0.1) is 0 Å². The molecule has 120 valence electrons. The maximum atomic E-state index is 12.8. The summed E-state index contributed by atoms with van der Waals surface area (Å²) in [6, 6.07) is 7.37. The van der Waals surface area contributed by atoms with Crippen molar-refractivity contribution in [2.45, 2.75) is 19.9 Å². The standard InChI is InChI=1S/C17H18FN3O2/c1-2-7-20-16(22)13-8-14(11-19-10-13)17(23)21-9-12-3-5-15(18)6-4-12/h3-6,8,10-11H,2,7,9H2,1H3,(H,20,22)(H,21,23). The first kappa shape index (κ1) is 16.6. The van der Waals surface area contributed by atoms with E-state index in [0.29, 0.717) is 17.7 Å². The number of benzene rings is 1. The van der Waals surface area contributed by atoms with Gasteiger partial charge in [-0.2, -0.15) is 0 Å². The van der Waals surface area contributed by atoms with E-state index in [9.17, 15) is 14.0 Å². The highest BCUT2D eigenvalue weighted by molar-refractivity contribution is 5.99. The number of hydrogen-bond donors (Lipinski definition) is 2. The van der Waals surface area contributed by atoms with Crippen LogP contribution in [-0.2, 0) is 6.54 Å². The van der Waals surface area contributed by atoms with Crippen LogP contribution in [0.2, 0.25) is 0 Å². The lowest BCUT2D eigenvalue weighted by atomic mass is 10.1. The molecule has 23 heavy (non-hydrogen) atoms. The summed E-state index contributed by atoms with van der Waals surface area (Å²) >= 11 is 0. The zero-order valence-electron chi connectivity index (χ0n) is 12.8. The summed E-state index contributed by atoms with van der Waals surface area (Å²) in [5.74, 6) is -0.922. The SMILES string of the molecule is CCCNC(=O)c1cncc(C(=O)NCc2ccc(F)cc2)c1. The molecule has 5 nitrogen and oxygen atoms in total. The molecule has 2 rings (SSSR count). The van der Waals surface area contributed by atoms with Gasteiger partial charge in [-0.25, -0.2) is 4.39 Å². The predicted octanol–water partition coefficient (Wildman–Crippen LogP) is 2.29. The Balaban J connectivity index is 1.99. The van der Waals surface area contributed by atoms with E-state index in [0.717, 1.165) is 12.0 Å². The molecule has 6 heteroatoms. The first-order chi connectivity index (χ1) is 11.1. The lowest BCUT2D eigenvalue weighted by molar-refractivity contribution is 0.0950. The number of carbonyl (C=O) groups excluding carboxylic acids is 2. The van der Waals surface area contributed by atoms with Crippen molar-refractivity contribution < 1.29 is 14.0 Å². The third-order valence-corrected chi connectivity index (χ3v) is 3.16. The predicted molar refractivity (Wildman–Crippen MR) is 84.4 cm³/mol. The normalized spacial score (nSPS) is 10.2. The highest BCUT2D eigenvalue weighted by Gasteiger charge is 2.11. The largest absolute Gasteiger partial charge is 0.352 e. The second-order valence-electron chi connectivity index (χ2n) is 5.03. The molecule has 2 aromatic rings. The number of nitrogens with one attached hydrogen (secondary N) is 2. The van der Waals surface area contributed by atoms with Gasteiger partial charge in [0.05, 0.1) is 11.1 Å². The summed E-state index contributed by atoms with van der Waals surface area (Å²) in [6.07, 6.45) is 3.65. The second kappa shape index (κ2) is 8.03. The number of amides is 2. The summed E-state index contributed by atoms with van der Waals surface area (Å²) in [7, 11) is 0. The Bertz CT molecular complexity index is 686. The first-order valence-corrected chi connectivity index (χ1v) is 7.36. The Labute approximate surface area is 133 Å². The fourth-order valence-corrected chi connectivity index (χ4v) is 1.92. The van der Waals surface area contributed by atoms with Gasteiger partial charge in [0.15, 0.2) is 0 Å². The van der Waals surface area contributed by atoms with Gasteiger partial charge >= 0.3 is 0 Å². The molecule has 0 spiro atoms. The van der Waals surface area contributed by atoms with Crippen LogP contribution in [0.1, 0.15) is 39.6 Å². The number of rotatable bonds is 6. The number of aromatic nitrogens is 1. The topological polar surface area (TPSA) is 71.1 Å². The van der Waals surface area contributed by atoms with E-state index in [2.05, 4.69) is 15.6 Å². The molecular weight excluding hydrogens is 297 g/mol. The molecule has 0 aliphatic heterocycles. The fourth-order valence-electron chi connectivity index (χ4n) is 1.92. The molecule has 1 aromatic heterocycles. The summed E-state index contributed by atoms with van der Waals surface area (Å²) in [5, 5.41) is 5.44. The third kappa shape index (κ3) is 4.88. The minimum atomic E-state index is -0.341. The fraction of sp³-hybridized carbons (Fsp3) is 0.235. The zero-order chi connectivity index (χ0) is 16.7. The Morgan fingerprint density at radius 2 is 1.65 bits per heavy atom. The lowest BCUT2D eigenvalue weighted by Crippen LogP contribution is -2.26. The van der Waals surface area contributed by atoms with Crippen LogP contribution in [0.25, 0.3) is 0 Å². The molecule has 1 heterocycles. The average Bonchev–Trinajstić information content (AvgIpc) is 2.59. The van der Waals surface area contributed by atoms with Crippen LogP contribution in [0.5, 0.6) is 0 Å². The smallest absolute Gasteiger partial charge is 0.253 e. The van der Waals surface area contributed by atoms with Crippen molar-refractivity contribution in [2.24, 2.45) is 0 Å². The van der Waals surface area contributed by atoms with E-state index < -0.39 is 0 Å². The van der Waals surface area contributed by atoms with Crippen molar-refractivity contribution in [3.05, 3.63) is 65.2 Å². The van der Waals surface area contributed by atoms with Crippen molar-refractivity contribution in [3.8, 4) is 0 Å². The number of pyridine rings is 1. The molecule has 0 fully saturated rings.